The number of aryl methyl sites for hydroxylation is 1. The number of methoxy groups -OCH3 is 1. The topological polar surface area (TPSA) is 55.5 Å². The first-order valence-corrected chi connectivity index (χ1v) is 5.94. The smallest absolute Gasteiger partial charge is 0.121 e. The van der Waals surface area contributed by atoms with E-state index < -0.39 is 0 Å². The Bertz CT molecular complexity index is 369. The van der Waals surface area contributed by atoms with E-state index in [1.54, 1.807) is 7.11 Å². The van der Waals surface area contributed by atoms with Gasteiger partial charge in [-0.15, -0.1) is 0 Å². The summed E-state index contributed by atoms with van der Waals surface area (Å²) in [5.41, 5.74) is 8.08. The molecule has 0 aromatic heterocycles. The first-order valence-electron chi connectivity index (χ1n) is 5.94. The molecule has 0 radical (unpaired) electrons. The van der Waals surface area contributed by atoms with E-state index in [0.29, 0.717) is 6.42 Å². The van der Waals surface area contributed by atoms with Crippen molar-refractivity contribution in [2.24, 2.45) is 5.73 Å². The van der Waals surface area contributed by atoms with Crippen LogP contribution < -0.4 is 10.5 Å². The molecule has 96 valence electrons. The molecule has 1 rings (SSSR count). The molecule has 0 aliphatic heterocycles. The third kappa shape index (κ3) is 3.45. The molecule has 1 aromatic rings. The molecule has 0 aliphatic carbocycles. The summed E-state index contributed by atoms with van der Waals surface area (Å²) in [4.78, 5) is 0. The van der Waals surface area contributed by atoms with E-state index in [4.69, 9.17) is 15.6 Å². The number of hydrogen-bond donors (Lipinski definition) is 2. The predicted molar refractivity (Wildman–Crippen MR) is 70.4 cm³/mol. The van der Waals surface area contributed by atoms with Crippen molar-refractivity contribution in [1.29, 1.82) is 0 Å². The number of aliphatic hydroxyl groups is 1. The fourth-order valence-corrected chi connectivity index (χ4v) is 2.22. The minimum atomic E-state index is -0.343. The van der Waals surface area contributed by atoms with Gasteiger partial charge in [-0.1, -0.05) is 12.1 Å². The van der Waals surface area contributed by atoms with E-state index in [-0.39, 0.29) is 18.1 Å². The molecular weight excluding hydrogens is 214 g/mol. The van der Waals surface area contributed by atoms with Crippen LogP contribution in [0.3, 0.4) is 0 Å². The minimum Gasteiger partial charge on any atom is -0.496 e. The van der Waals surface area contributed by atoms with Crippen molar-refractivity contribution in [2.75, 3.05) is 13.7 Å². The zero-order valence-corrected chi connectivity index (χ0v) is 11.2. The van der Waals surface area contributed by atoms with Gasteiger partial charge in [0.15, 0.2) is 0 Å². The third-order valence-corrected chi connectivity index (χ3v) is 3.14. The van der Waals surface area contributed by atoms with Crippen LogP contribution in [-0.2, 0) is 0 Å². The van der Waals surface area contributed by atoms with Gasteiger partial charge in [-0.25, -0.2) is 0 Å². The molecule has 3 N–H and O–H groups in total. The van der Waals surface area contributed by atoms with Gasteiger partial charge >= 0.3 is 0 Å². The maximum Gasteiger partial charge on any atom is 0.121 e. The lowest BCUT2D eigenvalue weighted by Crippen LogP contribution is -2.39. The summed E-state index contributed by atoms with van der Waals surface area (Å²) in [6.07, 6.45) is 0.676. The van der Waals surface area contributed by atoms with Crippen LogP contribution in [0.4, 0.5) is 0 Å². The van der Waals surface area contributed by atoms with Gasteiger partial charge in [0, 0.05) is 18.1 Å². The first kappa shape index (κ1) is 14.0. The van der Waals surface area contributed by atoms with Crippen molar-refractivity contribution in [3.8, 4) is 5.75 Å². The third-order valence-electron chi connectivity index (χ3n) is 3.14. The standard InChI is InChI=1S/C14H23NO2/c1-10-9-11(5-6-13(10)17-4)12(7-8-16)14(2,3)15/h5-6,9,12,16H,7-8,15H2,1-4H3. The Hall–Kier alpha value is -1.06. The molecule has 1 atom stereocenters. The maximum absolute atomic E-state index is 9.15. The molecule has 0 spiro atoms. The molecule has 0 saturated carbocycles. The highest BCUT2D eigenvalue weighted by atomic mass is 16.5. The molecule has 0 heterocycles. The van der Waals surface area contributed by atoms with Gasteiger partial charge in [-0.05, 0) is 44.4 Å². The summed E-state index contributed by atoms with van der Waals surface area (Å²) >= 11 is 0. The molecule has 0 bridgehead atoms. The Labute approximate surface area is 104 Å². The number of nitrogens with two attached hydrogens (primary N) is 1. The maximum atomic E-state index is 9.15. The van der Waals surface area contributed by atoms with Crippen LogP contribution in [0.2, 0.25) is 0 Å². The number of benzene rings is 1. The van der Waals surface area contributed by atoms with Gasteiger partial charge < -0.3 is 15.6 Å². The van der Waals surface area contributed by atoms with Gasteiger partial charge in [-0.2, -0.15) is 0 Å². The van der Waals surface area contributed by atoms with Crippen molar-refractivity contribution in [2.45, 2.75) is 38.6 Å². The highest BCUT2D eigenvalue weighted by Crippen LogP contribution is 2.32. The second kappa shape index (κ2) is 5.52. The predicted octanol–water partition coefficient (Wildman–Crippen LogP) is 2.21. The van der Waals surface area contributed by atoms with Crippen LogP contribution >= 0.6 is 0 Å². The fraction of sp³-hybridized carbons (Fsp3) is 0.571. The molecule has 0 fully saturated rings. The van der Waals surface area contributed by atoms with E-state index in [1.807, 2.05) is 32.9 Å². The average Bonchev–Trinajstić information content (AvgIpc) is 2.24. The van der Waals surface area contributed by atoms with Crippen LogP contribution in [0, 0.1) is 6.92 Å². The highest BCUT2D eigenvalue weighted by molar-refractivity contribution is 5.38. The van der Waals surface area contributed by atoms with E-state index in [2.05, 4.69) is 6.07 Å². The Kier molecular flexibility index (Phi) is 4.54. The van der Waals surface area contributed by atoms with Crippen LogP contribution in [0.5, 0.6) is 5.75 Å². The van der Waals surface area contributed by atoms with Crippen LogP contribution in [0.1, 0.15) is 37.3 Å². The summed E-state index contributed by atoms with van der Waals surface area (Å²) in [7, 11) is 1.67. The van der Waals surface area contributed by atoms with Crippen molar-refractivity contribution in [1.82, 2.24) is 0 Å². The van der Waals surface area contributed by atoms with Gasteiger partial charge in [0.25, 0.3) is 0 Å². The largest absolute Gasteiger partial charge is 0.496 e. The van der Waals surface area contributed by atoms with Crippen molar-refractivity contribution < 1.29 is 9.84 Å². The molecule has 17 heavy (non-hydrogen) atoms. The zero-order chi connectivity index (χ0) is 13.1. The Morgan fingerprint density at radius 3 is 2.47 bits per heavy atom. The normalized spacial score (nSPS) is 13.5. The van der Waals surface area contributed by atoms with Crippen LogP contribution in [-0.4, -0.2) is 24.4 Å². The average molecular weight is 237 g/mol. The monoisotopic (exact) mass is 237 g/mol. The second-order valence-electron chi connectivity index (χ2n) is 5.12. The summed E-state index contributed by atoms with van der Waals surface area (Å²) < 4.78 is 5.24. The van der Waals surface area contributed by atoms with E-state index >= 15 is 0 Å². The molecule has 0 amide bonds. The van der Waals surface area contributed by atoms with Crippen LogP contribution in [0.25, 0.3) is 0 Å². The van der Waals surface area contributed by atoms with Crippen molar-refractivity contribution >= 4 is 0 Å². The van der Waals surface area contributed by atoms with Crippen molar-refractivity contribution in [3.05, 3.63) is 29.3 Å². The fourth-order valence-electron chi connectivity index (χ4n) is 2.22. The lowest BCUT2D eigenvalue weighted by molar-refractivity contribution is 0.250. The molecule has 0 aliphatic rings. The summed E-state index contributed by atoms with van der Waals surface area (Å²) in [6.45, 7) is 6.15. The minimum absolute atomic E-state index is 0.149. The first-order chi connectivity index (χ1) is 7.90. The second-order valence-corrected chi connectivity index (χ2v) is 5.12. The quantitative estimate of drug-likeness (QED) is 0.825. The van der Waals surface area contributed by atoms with Crippen molar-refractivity contribution in [3.63, 3.8) is 0 Å². The van der Waals surface area contributed by atoms with Gasteiger partial charge in [0.1, 0.15) is 5.75 Å². The number of rotatable bonds is 5. The zero-order valence-electron chi connectivity index (χ0n) is 11.2. The molecular formula is C14H23NO2. The lowest BCUT2D eigenvalue weighted by Gasteiger charge is -2.31. The molecule has 1 aromatic carbocycles. The molecule has 3 nitrogen and oxygen atoms in total. The lowest BCUT2D eigenvalue weighted by atomic mass is 9.80. The number of hydrogen-bond acceptors (Lipinski definition) is 3. The SMILES string of the molecule is COc1ccc(C(CCO)C(C)(C)N)cc1C. The summed E-state index contributed by atoms with van der Waals surface area (Å²) in [5, 5.41) is 9.15. The molecule has 0 saturated heterocycles. The number of ether oxygens (including phenoxy) is 1. The molecule has 1 unspecified atom stereocenters. The van der Waals surface area contributed by atoms with E-state index in [0.717, 1.165) is 16.9 Å². The Morgan fingerprint density at radius 1 is 1.41 bits per heavy atom. The van der Waals surface area contributed by atoms with E-state index in [9.17, 15) is 0 Å². The highest BCUT2D eigenvalue weighted by Gasteiger charge is 2.26. The van der Waals surface area contributed by atoms with E-state index in [1.165, 1.54) is 0 Å². The Balaban J connectivity index is 3.07. The van der Waals surface area contributed by atoms with Gasteiger partial charge in [0.05, 0.1) is 7.11 Å². The van der Waals surface area contributed by atoms with Gasteiger partial charge in [0.2, 0.25) is 0 Å². The molecule has 3 heteroatoms. The summed E-state index contributed by atoms with van der Waals surface area (Å²) in [6, 6.07) is 6.08. The number of aliphatic hydroxyl groups excluding tert-OH is 1. The Morgan fingerprint density at radius 2 is 2.06 bits per heavy atom. The van der Waals surface area contributed by atoms with Crippen LogP contribution in [0.15, 0.2) is 18.2 Å². The summed E-state index contributed by atoms with van der Waals surface area (Å²) in [5.74, 6) is 1.03. The van der Waals surface area contributed by atoms with Gasteiger partial charge in [-0.3, -0.25) is 0 Å².